The smallest absolute Gasteiger partial charge is 0.346 e. The summed E-state index contributed by atoms with van der Waals surface area (Å²) in [6.45, 7) is 1.76. The van der Waals surface area contributed by atoms with E-state index in [2.05, 4.69) is 27.3 Å². The molecule has 0 aromatic rings. The van der Waals surface area contributed by atoms with Crippen LogP contribution in [-0.2, 0) is 14.3 Å². The Morgan fingerprint density at radius 1 is 1.27 bits per heavy atom. The molecule has 2 aliphatic rings. The van der Waals surface area contributed by atoms with Crippen LogP contribution in [-0.4, -0.2) is 17.5 Å². The van der Waals surface area contributed by atoms with Gasteiger partial charge in [0.25, 0.3) is 0 Å². The van der Waals surface area contributed by atoms with Crippen molar-refractivity contribution in [3.05, 3.63) is 33.0 Å². The fourth-order valence-corrected chi connectivity index (χ4v) is 2.50. The van der Waals surface area contributed by atoms with Crippen molar-refractivity contribution in [2.24, 2.45) is 5.73 Å². The molecule has 1 unspecified atom stereocenters. The Labute approximate surface area is 100.0 Å². The van der Waals surface area contributed by atoms with E-state index in [9.17, 15) is 9.59 Å². The van der Waals surface area contributed by atoms with Gasteiger partial charge in [-0.1, -0.05) is 0 Å². The molecule has 2 rings (SSSR count). The van der Waals surface area contributed by atoms with Crippen LogP contribution < -0.4 is 5.73 Å². The van der Waals surface area contributed by atoms with E-state index in [0.717, 1.165) is 3.58 Å². The molecule has 1 heterocycles. The van der Waals surface area contributed by atoms with Gasteiger partial charge in [-0.25, -0.2) is 9.59 Å². The highest BCUT2D eigenvalue weighted by molar-refractivity contribution is 14.1. The van der Waals surface area contributed by atoms with Gasteiger partial charge >= 0.3 is 11.9 Å². The molecule has 4 nitrogen and oxygen atoms in total. The summed E-state index contributed by atoms with van der Waals surface area (Å²) in [6, 6.07) is 0. The predicted octanol–water partition coefficient (Wildman–Crippen LogP) is 0.973. The number of halogens is 1. The maximum Gasteiger partial charge on any atom is 0.346 e. The largest absolute Gasteiger partial charge is 0.386 e. The fraction of sp³-hybridized carbons (Fsp3) is 0.200. The van der Waals surface area contributed by atoms with E-state index < -0.39 is 17.5 Å². The van der Waals surface area contributed by atoms with E-state index in [1.165, 1.54) is 0 Å². The number of fused-ring (bicyclic) bond motifs is 1. The zero-order valence-corrected chi connectivity index (χ0v) is 10.1. The standard InChI is InChI=1S/C10H8INO3/c1-10(12)3-5(11)2-6-7(4-10)9(14)15-8(6)13/h2-4H,12H2,1H3. The summed E-state index contributed by atoms with van der Waals surface area (Å²) in [5.41, 5.74) is 5.72. The minimum absolute atomic E-state index is 0.257. The lowest BCUT2D eigenvalue weighted by molar-refractivity contribution is -0.149. The Kier molecular flexibility index (Phi) is 2.31. The zero-order chi connectivity index (χ0) is 11.2. The Morgan fingerprint density at radius 3 is 2.53 bits per heavy atom. The van der Waals surface area contributed by atoms with Crippen molar-refractivity contribution in [1.29, 1.82) is 0 Å². The van der Waals surface area contributed by atoms with Gasteiger partial charge in [-0.15, -0.1) is 0 Å². The summed E-state index contributed by atoms with van der Waals surface area (Å²) in [5, 5.41) is 0. The molecule has 78 valence electrons. The highest BCUT2D eigenvalue weighted by atomic mass is 127. The van der Waals surface area contributed by atoms with Gasteiger partial charge in [-0.3, -0.25) is 0 Å². The highest BCUT2D eigenvalue weighted by Crippen LogP contribution is 2.31. The molecule has 0 amide bonds. The highest BCUT2D eigenvalue weighted by Gasteiger charge is 2.36. The van der Waals surface area contributed by atoms with E-state index in [0.29, 0.717) is 0 Å². The summed E-state index contributed by atoms with van der Waals surface area (Å²) >= 11 is 2.05. The maximum atomic E-state index is 11.3. The van der Waals surface area contributed by atoms with Crippen LogP contribution in [0.15, 0.2) is 33.0 Å². The zero-order valence-electron chi connectivity index (χ0n) is 7.91. The molecule has 0 bridgehead atoms. The number of nitrogens with two attached hydrogens (primary N) is 1. The van der Waals surface area contributed by atoms with Crippen molar-refractivity contribution in [3.63, 3.8) is 0 Å². The van der Waals surface area contributed by atoms with Gasteiger partial charge in [-0.2, -0.15) is 0 Å². The van der Waals surface area contributed by atoms with E-state index in [1.807, 2.05) is 0 Å². The molecule has 0 aromatic carbocycles. The number of ether oxygens (including phenoxy) is 1. The molecule has 1 aliphatic carbocycles. The third-order valence-electron chi connectivity index (χ3n) is 2.10. The molecular weight excluding hydrogens is 309 g/mol. The second-order valence-corrected chi connectivity index (χ2v) is 4.93. The minimum Gasteiger partial charge on any atom is -0.386 e. The van der Waals surface area contributed by atoms with Gasteiger partial charge in [0.05, 0.1) is 16.7 Å². The van der Waals surface area contributed by atoms with Crippen LogP contribution >= 0.6 is 22.6 Å². The first-order valence-electron chi connectivity index (χ1n) is 4.28. The maximum absolute atomic E-state index is 11.3. The second-order valence-electron chi connectivity index (χ2n) is 3.69. The average Bonchev–Trinajstić information content (AvgIpc) is 2.29. The van der Waals surface area contributed by atoms with E-state index >= 15 is 0 Å². The van der Waals surface area contributed by atoms with Crippen LogP contribution in [0.25, 0.3) is 0 Å². The second kappa shape index (κ2) is 3.28. The first-order chi connectivity index (χ1) is 6.89. The molecule has 1 saturated heterocycles. The number of carbonyl (C=O) groups excluding carboxylic acids is 2. The normalized spacial score (nSPS) is 29.9. The van der Waals surface area contributed by atoms with Crippen LogP contribution in [0, 0.1) is 0 Å². The molecule has 0 spiro atoms. The Hall–Kier alpha value is -0.950. The molecule has 0 aromatic heterocycles. The number of cyclic esters (lactones) is 2. The van der Waals surface area contributed by atoms with Crippen LogP contribution in [0.5, 0.6) is 0 Å². The molecule has 1 aliphatic heterocycles. The molecule has 15 heavy (non-hydrogen) atoms. The fourth-order valence-electron chi connectivity index (χ4n) is 1.52. The van der Waals surface area contributed by atoms with Crippen LogP contribution in [0.3, 0.4) is 0 Å². The lowest BCUT2D eigenvalue weighted by Crippen LogP contribution is -2.31. The number of rotatable bonds is 0. The van der Waals surface area contributed by atoms with Gasteiger partial charge in [0.2, 0.25) is 0 Å². The van der Waals surface area contributed by atoms with Gasteiger partial charge < -0.3 is 10.5 Å². The SMILES string of the molecule is CC1(N)C=C(I)C=C2C(=O)OC(=O)C2=C1. The van der Waals surface area contributed by atoms with Crippen LogP contribution in [0.2, 0.25) is 0 Å². The van der Waals surface area contributed by atoms with Gasteiger partial charge in [0.1, 0.15) is 0 Å². The summed E-state index contributed by atoms with van der Waals surface area (Å²) in [7, 11) is 0. The van der Waals surface area contributed by atoms with E-state index in [-0.39, 0.29) is 11.1 Å². The number of carbonyl (C=O) groups is 2. The van der Waals surface area contributed by atoms with E-state index in [1.54, 1.807) is 25.2 Å². The summed E-state index contributed by atoms with van der Waals surface area (Å²) in [5.74, 6) is -1.23. The van der Waals surface area contributed by atoms with Gasteiger partial charge in [0, 0.05) is 3.58 Å². The lowest BCUT2D eigenvalue weighted by Gasteiger charge is -2.14. The molecular formula is C10H8INO3. The molecule has 1 fully saturated rings. The van der Waals surface area contributed by atoms with Crippen molar-refractivity contribution >= 4 is 34.5 Å². The number of hydrogen-bond donors (Lipinski definition) is 1. The number of allylic oxidation sites excluding steroid dienone is 2. The monoisotopic (exact) mass is 317 g/mol. The molecule has 0 saturated carbocycles. The molecule has 1 atom stereocenters. The first kappa shape index (κ1) is 10.6. The van der Waals surface area contributed by atoms with Crippen molar-refractivity contribution in [3.8, 4) is 0 Å². The third-order valence-corrected chi connectivity index (χ3v) is 2.72. The van der Waals surface area contributed by atoms with Crippen LogP contribution in [0.4, 0.5) is 0 Å². The number of esters is 2. The molecule has 5 heteroatoms. The molecule has 0 radical (unpaired) electrons. The van der Waals surface area contributed by atoms with Crippen molar-refractivity contribution in [2.45, 2.75) is 12.5 Å². The Balaban J connectivity index is 2.62. The Morgan fingerprint density at radius 2 is 1.87 bits per heavy atom. The number of hydrogen-bond acceptors (Lipinski definition) is 4. The molecule has 2 N–H and O–H groups in total. The van der Waals surface area contributed by atoms with Crippen molar-refractivity contribution in [2.75, 3.05) is 0 Å². The van der Waals surface area contributed by atoms with Crippen LogP contribution in [0.1, 0.15) is 6.92 Å². The summed E-state index contributed by atoms with van der Waals surface area (Å²) in [4.78, 5) is 22.6. The average molecular weight is 317 g/mol. The lowest BCUT2D eigenvalue weighted by atomic mass is 9.99. The minimum atomic E-state index is -0.742. The Bertz CT molecular complexity index is 457. The van der Waals surface area contributed by atoms with Crippen molar-refractivity contribution in [1.82, 2.24) is 0 Å². The van der Waals surface area contributed by atoms with E-state index in [4.69, 9.17) is 5.73 Å². The first-order valence-corrected chi connectivity index (χ1v) is 5.35. The summed E-state index contributed by atoms with van der Waals surface area (Å²) in [6.07, 6.45) is 4.95. The topological polar surface area (TPSA) is 69.4 Å². The summed E-state index contributed by atoms with van der Waals surface area (Å²) < 4.78 is 5.32. The predicted molar refractivity (Wildman–Crippen MR) is 62.0 cm³/mol. The van der Waals surface area contributed by atoms with Crippen molar-refractivity contribution < 1.29 is 14.3 Å². The quantitative estimate of drug-likeness (QED) is 0.411. The van der Waals surface area contributed by atoms with Gasteiger partial charge in [-0.05, 0) is 47.7 Å². The third kappa shape index (κ3) is 1.89. The van der Waals surface area contributed by atoms with Gasteiger partial charge in [0.15, 0.2) is 0 Å².